The summed E-state index contributed by atoms with van der Waals surface area (Å²) in [5.74, 6) is 1.87. The van der Waals surface area contributed by atoms with Gasteiger partial charge in [0.15, 0.2) is 0 Å². The molecule has 0 radical (unpaired) electrons. The van der Waals surface area contributed by atoms with E-state index in [0.717, 1.165) is 0 Å². The molecule has 342 valence electrons. The average Bonchev–Trinajstić information content (AvgIpc) is 3.81. The quantitative estimate of drug-likeness (QED) is 0.120. The average molecular weight is 872 g/mol. The van der Waals surface area contributed by atoms with Crippen molar-refractivity contribution >= 4 is 13.8 Å². The number of aryl methyl sites for hydroxylation is 1. The third kappa shape index (κ3) is 7.34. The van der Waals surface area contributed by atoms with Crippen molar-refractivity contribution in [3.8, 4) is 11.1 Å². The van der Waals surface area contributed by atoms with Gasteiger partial charge in [0.2, 0.25) is 0 Å². The van der Waals surface area contributed by atoms with Crippen molar-refractivity contribution in [3.05, 3.63) is 147 Å². The smallest absolute Gasteiger partial charge is 0.126 e. The van der Waals surface area contributed by atoms with Crippen molar-refractivity contribution < 1.29 is 0 Å². The van der Waals surface area contributed by atoms with Gasteiger partial charge in [-0.15, -0.1) is 0 Å². The molecule has 4 aromatic rings. The highest BCUT2D eigenvalue weighted by molar-refractivity contribution is 6.76. The van der Waals surface area contributed by atoms with Crippen LogP contribution >= 0.6 is 0 Å². The highest BCUT2D eigenvalue weighted by Gasteiger charge is 2.60. The molecule has 0 aromatic heterocycles. The molecule has 64 heavy (non-hydrogen) atoms. The standard InChI is InChI=1S/C62H85NSi/c1-18-20-34-61(35-21-19-2)52-39-47(29-33-50(52)51-30-24-43-36-42(6)57(55(43)56(51)61)64(16,17)63(40(3)4)60(13,14)15)62(44-25-22-41(5)23-26-44)53-37-45(58(7,8)9)27-31-48(53)49-32-28-46(38-54(49)62)59(10,11)12/h22-33,37-40,42-43,55,57H,18-21,34-36H2,1-17H3. The monoisotopic (exact) mass is 872 g/mol. The third-order valence-electron chi connectivity index (χ3n) is 17.0. The summed E-state index contributed by atoms with van der Waals surface area (Å²) in [6, 6.07) is 33.2. The summed E-state index contributed by atoms with van der Waals surface area (Å²) in [6.07, 6.45) is 14.1. The Labute approximate surface area is 392 Å². The minimum absolute atomic E-state index is 0.0107. The van der Waals surface area contributed by atoms with Gasteiger partial charge in [-0.1, -0.05) is 212 Å². The fourth-order valence-electron chi connectivity index (χ4n) is 14.9. The van der Waals surface area contributed by atoms with E-state index in [1.165, 1.54) is 101 Å². The summed E-state index contributed by atoms with van der Waals surface area (Å²) < 4.78 is 3.03. The zero-order valence-electron chi connectivity index (χ0n) is 43.4. The first-order valence-electron chi connectivity index (χ1n) is 25.7. The molecule has 1 fully saturated rings. The van der Waals surface area contributed by atoms with E-state index in [-0.39, 0.29) is 21.8 Å². The first kappa shape index (κ1) is 47.0. The van der Waals surface area contributed by atoms with Gasteiger partial charge in [0.05, 0.1) is 5.41 Å². The van der Waals surface area contributed by atoms with E-state index >= 15 is 0 Å². The minimum atomic E-state index is -2.01. The number of rotatable bonds is 11. The predicted octanol–water partition coefficient (Wildman–Crippen LogP) is 17.3. The Bertz CT molecular complexity index is 2380. The van der Waals surface area contributed by atoms with Gasteiger partial charge in [-0.2, -0.15) is 0 Å². The number of unbranched alkanes of at least 4 members (excludes halogenated alkanes) is 2. The molecule has 0 N–H and O–H groups in total. The molecule has 1 nitrogen and oxygen atoms in total. The maximum absolute atomic E-state index is 3.03. The number of benzene rings is 4. The first-order chi connectivity index (χ1) is 29.9. The fraction of sp³-hybridized carbons (Fsp3) is 0.548. The van der Waals surface area contributed by atoms with Crippen LogP contribution in [0.3, 0.4) is 0 Å². The van der Waals surface area contributed by atoms with Gasteiger partial charge in [-0.3, -0.25) is 0 Å². The summed E-state index contributed by atoms with van der Waals surface area (Å²) in [4.78, 5) is 0. The van der Waals surface area contributed by atoms with Gasteiger partial charge >= 0.3 is 0 Å². The Hall–Kier alpha value is -3.46. The topological polar surface area (TPSA) is 3.24 Å². The van der Waals surface area contributed by atoms with Gasteiger partial charge in [-0.05, 0) is 154 Å². The second kappa shape index (κ2) is 16.4. The highest BCUT2D eigenvalue weighted by atomic mass is 28.3. The second-order valence-corrected chi connectivity index (χ2v) is 29.5. The van der Waals surface area contributed by atoms with E-state index in [4.69, 9.17) is 0 Å². The first-order valence-corrected chi connectivity index (χ1v) is 28.7. The summed E-state index contributed by atoms with van der Waals surface area (Å²) >= 11 is 0. The third-order valence-corrected chi connectivity index (χ3v) is 21.9. The normalized spacial score (nSPS) is 22.2. The van der Waals surface area contributed by atoms with Crippen molar-refractivity contribution in [1.82, 2.24) is 4.57 Å². The summed E-state index contributed by atoms with van der Waals surface area (Å²) in [5, 5.41) is 0. The highest BCUT2D eigenvalue weighted by Crippen LogP contribution is 2.67. The number of hydrogen-bond donors (Lipinski definition) is 0. The Morgan fingerprint density at radius 1 is 0.672 bits per heavy atom. The summed E-state index contributed by atoms with van der Waals surface area (Å²) in [6.45, 7) is 42.0. The molecule has 0 heterocycles. The van der Waals surface area contributed by atoms with Crippen molar-refractivity contribution in [3.63, 3.8) is 0 Å². The van der Waals surface area contributed by atoms with Gasteiger partial charge < -0.3 is 4.57 Å². The van der Waals surface area contributed by atoms with Crippen LogP contribution in [0.1, 0.15) is 192 Å². The van der Waals surface area contributed by atoms with Crippen LogP contribution < -0.4 is 0 Å². The molecule has 0 bridgehead atoms. The number of allylic oxidation sites excluding steroid dienone is 4. The molecule has 4 aliphatic carbocycles. The SMILES string of the molecule is CCCCC1(CCCC)C2=C(C=CC3CC(C)C([Si](C)(C)N(C(C)C)C(C)(C)C)C23)c2ccc(C3(c4ccc(C)cc4)c4cc(C(C)(C)C)ccc4-c4ccc(C(C)(C)C)cc43)cc21. The minimum Gasteiger partial charge on any atom is -0.317 e. The van der Waals surface area contributed by atoms with E-state index < -0.39 is 13.7 Å². The van der Waals surface area contributed by atoms with Crippen LogP contribution in [0.2, 0.25) is 18.6 Å². The van der Waals surface area contributed by atoms with E-state index in [9.17, 15) is 0 Å². The molecular formula is C62H85NSi. The molecule has 0 aliphatic heterocycles. The second-order valence-electron chi connectivity index (χ2n) is 25.1. The molecule has 4 aromatic carbocycles. The van der Waals surface area contributed by atoms with Crippen LogP contribution in [0.25, 0.3) is 16.7 Å². The van der Waals surface area contributed by atoms with Crippen molar-refractivity contribution in [2.24, 2.45) is 17.8 Å². The Morgan fingerprint density at radius 2 is 1.19 bits per heavy atom. The van der Waals surface area contributed by atoms with Crippen LogP contribution in [0.15, 0.2) is 96.6 Å². The molecule has 4 aliphatic rings. The van der Waals surface area contributed by atoms with Crippen LogP contribution in [-0.2, 0) is 21.7 Å². The molecule has 2 heteroatoms. The molecule has 0 saturated heterocycles. The van der Waals surface area contributed by atoms with Crippen molar-refractivity contribution in [2.45, 2.75) is 201 Å². The fourth-order valence-corrected chi connectivity index (χ4v) is 21.1. The molecule has 4 unspecified atom stereocenters. The van der Waals surface area contributed by atoms with Gasteiger partial charge in [0.25, 0.3) is 0 Å². The molecule has 1 saturated carbocycles. The lowest BCUT2D eigenvalue weighted by Crippen LogP contribution is -2.64. The molecule has 0 spiro atoms. The van der Waals surface area contributed by atoms with Crippen LogP contribution in [0.5, 0.6) is 0 Å². The molecule has 0 amide bonds. The zero-order valence-corrected chi connectivity index (χ0v) is 44.4. The van der Waals surface area contributed by atoms with Crippen LogP contribution in [0, 0.1) is 24.7 Å². The molecular weight excluding hydrogens is 787 g/mol. The molecule has 8 rings (SSSR count). The van der Waals surface area contributed by atoms with E-state index in [2.05, 4.69) is 213 Å². The van der Waals surface area contributed by atoms with E-state index in [1.807, 2.05) is 5.57 Å². The van der Waals surface area contributed by atoms with Gasteiger partial charge in [-0.25, -0.2) is 0 Å². The van der Waals surface area contributed by atoms with Gasteiger partial charge in [0, 0.05) is 11.0 Å². The number of fused-ring (bicyclic) bond motifs is 7. The Balaban J connectivity index is 1.44. The van der Waals surface area contributed by atoms with Crippen molar-refractivity contribution in [1.29, 1.82) is 0 Å². The van der Waals surface area contributed by atoms with E-state index in [0.29, 0.717) is 29.3 Å². The van der Waals surface area contributed by atoms with Crippen LogP contribution in [0.4, 0.5) is 0 Å². The Kier molecular flexibility index (Phi) is 12.1. The molecule has 4 atom stereocenters. The maximum Gasteiger partial charge on any atom is 0.126 e. The van der Waals surface area contributed by atoms with Crippen LogP contribution in [-0.4, -0.2) is 24.4 Å². The number of nitrogens with zero attached hydrogens (tertiary/aromatic N) is 1. The largest absolute Gasteiger partial charge is 0.317 e. The number of hydrogen-bond acceptors (Lipinski definition) is 1. The van der Waals surface area contributed by atoms with Crippen molar-refractivity contribution in [2.75, 3.05) is 0 Å². The lowest BCUT2D eigenvalue weighted by atomic mass is 9.62. The lowest BCUT2D eigenvalue weighted by Gasteiger charge is -2.55. The maximum atomic E-state index is 3.03. The Morgan fingerprint density at radius 3 is 1.67 bits per heavy atom. The zero-order chi connectivity index (χ0) is 46.5. The van der Waals surface area contributed by atoms with E-state index in [1.54, 1.807) is 11.1 Å². The summed E-state index contributed by atoms with van der Waals surface area (Å²) in [7, 11) is -2.01. The summed E-state index contributed by atoms with van der Waals surface area (Å²) in [5.41, 5.74) is 19.6. The van der Waals surface area contributed by atoms with Gasteiger partial charge in [0.1, 0.15) is 8.24 Å². The lowest BCUT2D eigenvalue weighted by molar-refractivity contribution is 0.188. The predicted molar refractivity (Wildman–Crippen MR) is 281 cm³/mol.